The highest BCUT2D eigenvalue weighted by Gasteiger charge is 2.53. The molecule has 0 bridgehead atoms. The predicted octanol–water partition coefficient (Wildman–Crippen LogP) is 5.78. The largest absolute Gasteiger partial charge is 0.490 e. The number of nitrogens with one attached hydrogen (secondary N) is 1. The molecule has 9 nitrogen and oxygen atoms in total. The number of benzene rings is 1. The molecular weight excluding hydrogens is 527 g/mol. The van der Waals surface area contributed by atoms with Crippen molar-refractivity contribution in [1.82, 2.24) is 25.3 Å². The molecule has 1 unspecified atom stereocenters. The van der Waals surface area contributed by atoms with Crippen molar-refractivity contribution in [3.63, 3.8) is 0 Å². The zero-order valence-corrected chi connectivity index (χ0v) is 22.0. The van der Waals surface area contributed by atoms with Crippen molar-refractivity contribution >= 4 is 22.9 Å². The molecule has 3 aliphatic rings. The number of amides is 2. The molecule has 0 radical (unpaired) electrons. The van der Waals surface area contributed by atoms with E-state index in [-0.39, 0.29) is 11.9 Å². The van der Waals surface area contributed by atoms with Gasteiger partial charge in [-0.15, -0.1) is 0 Å². The number of nitrogens with zero attached hydrogens (tertiary/aromatic N) is 4. The summed E-state index contributed by atoms with van der Waals surface area (Å²) in [5, 5.41) is 15.6. The van der Waals surface area contributed by atoms with Crippen molar-refractivity contribution in [2.24, 2.45) is 11.3 Å². The van der Waals surface area contributed by atoms with Crippen LogP contribution < -0.4 is 5.32 Å². The summed E-state index contributed by atoms with van der Waals surface area (Å²) >= 11 is 0. The molecule has 214 valence electrons. The first-order valence-corrected chi connectivity index (χ1v) is 13.7. The molecule has 6 rings (SSSR count). The monoisotopic (exact) mass is 559 g/mol. The molecule has 3 aromatic rings. The fourth-order valence-corrected chi connectivity index (χ4v) is 5.94. The Morgan fingerprint density at radius 3 is 2.45 bits per heavy atom. The maximum Gasteiger partial charge on any atom is 0.490 e. The first-order valence-electron chi connectivity index (χ1n) is 13.7. The normalized spacial score (nSPS) is 20.6. The molecular formula is C28H32F3N5O4. The van der Waals surface area contributed by atoms with E-state index in [1.807, 2.05) is 41.3 Å². The van der Waals surface area contributed by atoms with Gasteiger partial charge in [0.15, 0.2) is 0 Å². The fourth-order valence-electron chi connectivity index (χ4n) is 5.94. The average molecular weight is 560 g/mol. The third-order valence-electron chi connectivity index (χ3n) is 8.35. The molecule has 2 aromatic heterocycles. The number of alkyl halides is 3. The van der Waals surface area contributed by atoms with Gasteiger partial charge >= 0.3 is 18.2 Å². The van der Waals surface area contributed by atoms with Gasteiger partial charge in [-0.2, -0.15) is 18.2 Å². The number of hydrogen-bond donors (Lipinski definition) is 2. The molecule has 2 saturated carbocycles. The van der Waals surface area contributed by atoms with Crippen LogP contribution in [0.5, 0.6) is 0 Å². The SMILES string of the molecule is O=C(NCC1CC12CCCCC2)N1CCC(c2nc(-c3ccc4ccccc4n3)no2)CC1.O=C(O)C(F)(F)F. The van der Waals surface area contributed by atoms with Crippen molar-refractivity contribution in [2.75, 3.05) is 19.6 Å². The molecule has 3 heterocycles. The Labute approximate surface area is 229 Å². The number of hydrogen-bond acceptors (Lipinski definition) is 6. The number of likely N-dealkylation sites (tertiary alicyclic amines) is 1. The van der Waals surface area contributed by atoms with Gasteiger partial charge in [0.2, 0.25) is 11.7 Å². The van der Waals surface area contributed by atoms with Crippen LogP contribution in [0.2, 0.25) is 0 Å². The van der Waals surface area contributed by atoms with Crippen LogP contribution in [-0.4, -0.2) is 62.9 Å². The van der Waals surface area contributed by atoms with E-state index in [2.05, 4.69) is 20.4 Å². The number of carboxylic acid groups (broad SMARTS) is 1. The topological polar surface area (TPSA) is 121 Å². The zero-order chi connectivity index (χ0) is 28.3. The molecule has 1 spiro atoms. The van der Waals surface area contributed by atoms with Crippen LogP contribution in [-0.2, 0) is 4.79 Å². The number of aromatic nitrogens is 3. The number of carboxylic acids is 1. The van der Waals surface area contributed by atoms with Crippen LogP contribution in [0.1, 0.15) is 63.2 Å². The van der Waals surface area contributed by atoms with Crippen LogP contribution >= 0.6 is 0 Å². The van der Waals surface area contributed by atoms with Gasteiger partial charge in [-0.25, -0.2) is 14.6 Å². The summed E-state index contributed by atoms with van der Waals surface area (Å²) in [5.74, 6) is -0.703. The Balaban J connectivity index is 0.000000411. The second-order valence-electron chi connectivity index (χ2n) is 10.9. The number of urea groups is 1. The maximum atomic E-state index is 12.7. The first-order chi connectivity index (χ1) is 19.1. The van der Waals surface area contributed by atoms with Gasteiger partial charge in [0.05, 0.1) is 5.52 Å². The highest BCUT2D eigenvalue weighted by atomic mass is 19.4. The standard InChI is InChI=1S/C26H31N5O2.C2HF3O2/c32-25(27-17-20-16-26(20)12-4-1-5-13-26)31-14-10-19(11-15-31)24-29-23(30-33-24)22-9-8-18-6-2-3-7-21(18)28-22;3-2(4,5)1(6)7/h2-3,6-9,19-20H,1,4-5,10-17H2,(H,27,32);(H,6,7). The van der Waals surface area contributed by atoms with Gasteiger partial charge in [0.25, 0.3) is 0 Å². The molecule has 1 saturated heterocycles. The second kappa shape index (κ2) is 11.4. The van der Waals surface area contributed by atoms with Crippen molar-refractivity contribution in [3.8, 4) is 11.5 Å². The lowest BCUT2D eigenvalue weighted by Crippen LogP contribution is -2.45. The summed E-state index contributed by atoms with van der Waals surface area (Å²) in [4.78, 5) is 32.8. The number of piperidine rings is 1. The summed E-state index contributed by atoms with van der Waals surface area (Å²) in [7, 11) is 0. The number of halogens is 3. The summed E-state index contributed by atoms with van der Waals surface area (Å²) in [6.45, 7) is 2.28. The number of para-hydroxylation sites is 1. The molecule has 2 aliphatic carbocycles. The Bertz CT molecular complexity index is 1350. The van der Waals surface area contributed by atoms with E-state index in [1.54, 1.807) is 0 Å². The van der Waals surface area contributed by atoms with Crippen LogP contribution in [0.4, 0.5) is 18.0 Å². The number of fused-ring (bicyclic) bond motifs is 1. The molecule has 1 aliphatic heterocycles. The highest BCUT2D eigenvalue weighted by molar-refractivity contribution is 5.80. The first kappa shape index (κ1) is 27.9. The Hall–Kier alpha value is -3.70. The van der Waals surface area contributed by atoms with Crippen LogP contribution in [0.25, 0.3) is 22.4 Å². The summed E-state index contributed by atoms with van der Waals surface area (Å²) in [5.41, 5.74) is 2.20. The highest BCUT2D eigenvalue weighted by Crippen LogP contribution is 2.61. The van der Waals surface area contributed by atoms with E-state index in [9.17, 15) is 18.0 Å². The van der Waals surface area contributed by atoms with Crippen LogP contribution in [0, 0.1) is 11.3 Å². The van der Waals surface area contributed by atoms with E-state index in [1.165, 1.54) is 38.5 Å². The summed E-state index contributed by atoms with van der Waals surface area (Å²) < 4.78 is 37.3. The maximum absolute atomic E-state index is 12.7. The number of carbonyl (C=O) groups excluding carboxylic acids is 1. The third-order valence-corrected chi connectivity index (χ3v) is 8.35. The minimum absolute atomic E-state index is 0.0814. The van der Waals surface area contributed by atoms with E-state index in [0.29, 0.717) is 23.0 Å². The van der Waals surface area contributed by atoms with Gasteiger partial charge in [-0.3, -0.25) is 0 Å². The van der Waals surface area contributed by atoms with Gasteiger partial charge in [0, 0.05) is 30.9 Å². The van der Waals surface area contributed by atoms with E-state index >= 15 is 0 Å². The number of aliphatic carboxylic acids is 1. The van der Waals surface area contributed by atoms with Gasteiger partial charge < -0.3 is 19.8 Å². The van der Waals surface area contributed by atoms with Crippen LogP contribution in [0.15, 0.2) is 40.9 Å². The Morgan fingerprint density at radius 2 is 1.75 bits per heavy atom. The number of carbonyl (C=O) groups is 2. The van der Waals surface area contributed by atoms with Crippen LogP contribution in [0.3, 0.4) is 0 Å². The molecule has 1 aromatic carbocycles. The Morgan fingerprint density at radius 1 is 1.05 bits per heavy atom. The van der Waals surface area contributed by atoms with Gasteiger partial charge in [-0.1, -0.05) is 48.7 Å². The fraction of sp³-hybridized carbons (Fsp3) is 0.536. The summed E-state index contributed by atoms with van der Waals surface area (Å²) in [6.07, 6.45) is 4.75. The molecule has 2 amide bonds. The minimum atomic E-state index is -5.08. The molecule has 2 N–H and O–H groups in total. The second-order valence-corrected chi connectivity index (χ2v) is 10.9. The molecule has 12 heteroatoms. The number of rotatable bonds is 4. The quantitative estimate of drug-likeness (QED) is 0.416. The van der Waals surface area contributed by atoms with Crippen molar-refractivity contribution in [2.45, 2.75) is 63.5 Å². The average Bonchev–Trinajstić information content (AvgIpc) is 3.37. The zero-order valence-electron chi connectivity index (χ0n) is 22.0. The van der Waals surface area contributed by atoms with E-state index in [4.69, 9.17) is 14.4 Å². The minimum Gasteiger partial charge on any atom is -0.475 e. The third kappa shape index (κ3) is 6.37. The van der Waals surface area contributed by atoms with Gasteiger partial charge in [0.1, 0.15) is 5.69 Å². The lowest BCUT2D eigenvalue weighted by atomic mass is 9.84. The predicted molar refractivity (Wildman–Crippen MR) is 139 cm³/mol. The Kier molecular flexibility index (Phi) is 7.95. The van der Waals surface area contributed by atoms with Crippen molar-refractivity contribution in [3.05, 3.63) is 42.3 Å². The van der Waals surface area contributed by atoms with E-state index in [0.717, 1.165) is 49.1 Å². The van der Waals surface area contributed by atoms with Gasteiger partial charge in [-0.05, 0) is 55.6 Å². The smallest absolute Gasteiger partial charge is 0.475 e. The summed E-state index contributed by atoms with van der Waals surface area (Å²) in [6, 6.07) is 12.0. The van der Waals surface area contributed by atoms with Crippen molar-refractivity contribution in [1.29, 1.82) is 0 Å². The lowest BCUT2D eigenvalue weighted by Gasteiger charge is -2.30. The molecule has 1 atom stereocenters. The lowest BCUT2D eigenvalue weighted by molar-refractivity contribution is -0.192. The number of pyridine rings is 1. The molecule has 40 heavy (non-hydrogen) atoms. The van der Waals surface area contributed by atoms with E-state index < -0.39 is 12.1 Å². The van der Waals surface area contributed by atoms with Crippen molar-refractivity contribution < 1.29 is 32.4 Å². The molecule has 3 fully saturated rings.